The molecule has 2 heterocycles. The van der Waals surface area contributed by atoms with Gasteiger partial charge in [0.15, 0.2) is 0 Å². The van der Waals surface area contributed by atoms with Crippen molar-refractivity contribution in [3.63, 3.8) is 0 Å². The van der Waals surface area contributed by atoms with E-state index < -0.39 is 11.8 Å². The van der Waals surface area contributed by atoms with E-state index in [4.69, 9.17) is 4.74 Å². The average molecular weight is 359 g/mol. The van der Waals surface area contributed by atoms with Crippen molar-refractivity contribution in [2.75, 3.05) is 52.5 Å². The molecular weight excluding hydrogens is 334 g/mol. The molecule has 7 nitrogen and oxygen atoms in total. The monoisotopic (exact) mass is 359 g/mol. The van der Waals surface area contributed by atoms with Crippen LogP contribution in [0, 0.1) is 0 Å². The molecule has 1 aromatic carbocycles. The van der Waals surface area contributed by atoms with Crippen molar-refractivity contribution >= 4 is 17.7 Å². The summed E-state index contributed by atoms with van der Waals surface area (Å²) in [5.41, 5.74) is 1.14. The van der Waals surface area contributed by atoms with Crippen LogP contribution >= 0.6 is 0 Å². The number of ether oxygens (including phenoxy) is 1. The van der Waals surface area contributed by atoms with Gasteiger partial charge in [-0.15, -0.1) is 0 Å². The smallest absolute Gasteiger partial charge is 0.312 e. The van der Waals surface area contributed by atoms with Crippen LogP contribution in [-0.4, -0.2) is 84.9 Å². The molecule has 2 fully saturated rings. The van der Waals surface area contributed by atoms with Crippen LogP contribution in [0.1, 0.15) is 12.0 Å². The SMILES string of the molecule is O=C(CCc1ccccc1)N1CCN(C(=O)C(=O)N2CCOCC2)CC1. The molecule has 0 spiro atoms. The first-order chi connectivity index (χ1) is 12.6. The topological polar surface area (TPSA) is 70.2 Å². The van der Waals surface area contributed by atoms with Crippen LogP contribution in [-0.2, 0) is 25.5 Å². The van der Waals surface area contributed by atoms with Crippen molar-refractivity contribution in [2.24, 2.45) is 0 Å². The quantitative estimate of drug-likeness (QED) is 0.721. The Morgan fingerprint density at radius 2 is 1.31 bits per heavy atom. The van der Waals surface area contributed by atoms with Gasteiger partial charge < -0.3 is 19.4 Å². The third kappa shape index (κ3) is 4.60. The Bertz CT molecular complexity index is 635. The Hall–Kier alpha value is -2.41. The highest BCUT2D eigenvalue weighted by Crippen LogP contribution is 2.09. The lowest BCUT2D eigenvalue weighted by Crippen LogP contribution is -2.55. The van der Waals surface area contributed by atoms with Gasteiger partial charge in [0, 0.05) is 45.7 Å². The highest BCUT2D eigenvalue weighted by atomic mass is 16.5. The van der Waals surface area contributed by atoms with E-state index >= 15 is 0 Å². The molecule has 7 heteroatoms. The zero-order valence-electron chi connectivity index (χ0n) is 14.9. The minimum absolute atomic E-state index is 0.0976. The summed E-state index contributed by atoms with van der Waals surface area (Å²) in [7, 11) is 0. The van der Waals surface area contributed by atoms with Gasteiger partial charge in [0.05, 0.1) is 13.2 Å². The molecule has 0 saturated carbocycles. The molecule has 0 atom stereocenters. The highest BCUT2D eigenvalue weighted by Gasteiger charge is 2.31. The highest BCUT2D eigenvalue weighted by molar-refractivity contribution is 6.34. The number of benzene rings is 1. The first-order valence-electron chi connectivity index (χ1n) is 9.13. The van der Waals surface area contributed by atoms with Gasteiger partial charge in [-0.1, -0.05) is 30.3 Å². The van der Waals surface area contributed by atoms with Crippen LogP contribution in [0.4, 0.5) is 0 Å². The van der Waals surface area contributed by atoms with E-state index in [1.165, 1.54) is 0 Å². The molecule has 0 aromatic heterocycles. The van der Waals surface area contributed by atoms with Crippen molar-refractivity contribution in [3.8, 4) is 0 Å². The molecule has 2 saturated heterocycles. The summed E-state index contributed by atoms with van der Waals surface area (Å²) in [5.74, 6) is -0.833. The number of nitrogens with zero attached hydrogens (tertiary/aromatic N) is 3. The average Bonchev–Trinajstić information content (AvgIpc) is 2.72. The van der Waals surface area contributed by atoms with E-state index in [1.807, 2.05) is 30.3 Å². The fourth-order valence-electron chi connectivity index (χ4n) is 3.25. The lowest BCUT2D eigenvalue weighted by Gasteiger charge is -2.36. The fraction of sp³-hybridized carbons (Fsp3) is 0.526. The molecular formula is C19H25N3O4. The van der Waals surface area contributed by atoms with Gasteiger partial charge in [-0.3, -0.25) is 14.4 Å². The normalized spacial score (nSPS) is 17.9. The minimum Gasteiger partial charge on any atom is -0.378 e. The molecule has 0 bridgehead atoms. The molecule has 0 N–H and O–H groups in total. The van der Waals surface area contributed by atoms with E-state index in [1.54, 1.807) is 14.7 Å². The Kier molecular flexibility index (Phi) is 6.22. The molecule has 0 aliphatic carbocycles. The van der Waals surface area contributed by atoms with Crippen LogP contribution in [0.15, 0.2) is 30.3 Å². The van der Waals surface area contributed by atoms with Crippen molar-refractivity contribution in [2.45, 2.75) is 12.8 Å². The van der Waals surface area contributed by atoms with Gasteiger partial charge in [0.1, 0.15) is 0 Å². The summed E-state index contributed by atoms with van der Waals surface area (Å²) in [4.78, 5) is 41.9. The second-order valence-electron chi connectivity index (χ2n) is 6.56. The third-order valence-electron chi connectivity index (χ3n) is 4.87. The summed E-state index contributed by atoms with van der Waals surface area (Å²) >= 11 is 0. The zero-order valence-corrected chi connectivity index (χ0v) is 14.9. The van der Waals surface area contributed by atoms with Crippen LogP contribution in [0.2, 0.25) is 0 Å². The second kappa shape index (κ2) is 8.80. The number of amides is 3. The van der Waals surface area contributed by atoms with Gasteiger partial charge in [-0.05, 0) is 12.0 Å². The van der Waals surface area contributed by atoms with Crippen LogP contribution in [0.3, 0.4) is 0 Å². The number of hydrogen-bond acceptors (Lipinski definition) is 4. The molecule has 140 valence electrons. The second-order valence-corrected chi connectivity index (χ2v) is 6.56. The number of rotatable bonds is 3. The Morgan fingerprint density at radius 3 is 1.92 bits per heavy atom. The van der Waals surface area contributed by atoms with Gasteiger partial charge in [-0.2, -0.15) is 0 Å². The number of morpholine rings is 1. The van der Waals surface area contributed by atoms with Crippen molar-refractivity contribution < 1.29 is 19.1 Å². The van der Waals surface area contributed by atoms with Crippen molar-refractivity contribution in [3.05, 3.63) is 35.9 Å². The van der Waals surface area contributed by atoms with Crippen LogP contribution in [0.25, 0.3) is 0 Å². The number of hydrogen-bond donors (Lipinski definition) is 0. The van der Waals surface area contributed by atoms with E-state index in [-0.39, 0.29) is 5.91 Å². The zero-order chi connectivity index (χ0) is 18.4. The van der Waals surface area contributed by atoms with Gasteiger partial charge >= 0.3 is 11.8 Å². The predicted octanol–water partition coefficient (Wildman–Crippen LogP) is 0.149. The van der Waals surface area contributed by atoms with Crippen molar-refractivity contribution in [1.82, 2.24) is 14.7 Å². The summed E-state index contributed by atoms with van der Waals surface area (Å²) < 4.78 is 5.21. The third-order valence-corrected chi connectivity index (χ3v) is 4.87. The van der Waals surface area contributed by atoms with E-state index in [0.717, 1.165) is 5.56 Å². The summed E-state index contributed by atoms with van der Waals surface area (Å²) in [6.45, 7) is 3.65. The molecule has 0 unspecified atom stereocenters. The maximum absolute atomic E-state index is 12.4. The van der Waals surface area contributed by atoms with Crippen LogP contribution < -0.4 is 0 Å². The Balaban J connectivity index is 1.43. The van der Waals surface area contributed by atoms with E-state index in [0.29, 0.717) is 65.3 Å². The number of piperazine rings is 1. The van der Waals surface area contributed by atoms with Gasteiger partial charge in [0.25, 0.3) is 0 Å². The summed E-state index contributed by atoms with van der Waals surface area (Å²) in [6.07, 6.45) is 1.18. The first kappa shape index (κ1) is 18.4. The number of carbonyl (C=O) groups excluding carboxylic acids is 3. The minimum atomic E-state index is -0.469. The fourth-order valence-corrected chi connectivity index (χ4v) is 3.25. The Morgan fingerprint density at radius 1 is 0.769 bits per heavy atom. The molecule has 2 aliphatic rings. The first-order valence-corrected chi connectivity index (χ1v) is 9.13. The molecule has 0 radical (unpaired) electrons. The van der Waals surface area contributed by atoms with E-state index in [9.17, 15) is 14.4 Å². The lowest BCUT2D eigenvalue weighted by atomic mass is 10.1. The number of carbonyl (C=O) groups is 3. The molecule has 3 amide bonds. The summed E-state index contributed by atoms with van der Waals surface area (Å²) in [5, 5.41) is 0. The van der Waals surface area contributed by atoms with Gasteiger partial charge in [0.2, 0.25) is 5.91 Å². The lowest BCUT2D eigenvalue weighted by molar-refractivity contribution is -0.155. The molecule has 2 aliphatic heterocycles. The molecule has 26 heavy (non-hydrogen) atoms. The predicted molar refractivity (Wildman–Crippen MR) is 95.3 cm³/mol. The van der Waals surface area contributed by atoms with Crippen molar-refractivity contribution in [1.29, 1.82) is 0 Å². The largest absolute Gasteiger partial charge is 0.378 e. The van der Waals surface area contributed by atoms with E-state index in [2.05, 4.69) is 0 Å². The maximum Gasteiger partial charge on any atom is 0.312 e. The summed E-state index contributed by atoms with van der Waals surface area (Å²) in [6, 6.07) is 9.92. The maximum atomic E-state index is 12.4. The standard InChI is InChI=1S/C19H25N3O4/c23-17(7-6-16-4-2-1-3-5-16)20-8-10-21(11-9-20)18(24)19(25)22-12-14-26-15-13-22/h1-5H,6-15H2. The van der Waals surface area contributed by atoms with Gasteiger partial charge in [-0.25, -0.2) is 0 Å². The molecule has 3 rings (SSSR count). The van der Waals surface area contributed by atoms with Crippen LogP contribution in [0.5, 0.6) is 0 Å². The Labute approximate surface area is 153 Å². The number of aryl methyl sites for hydroxylation is 1. The molecule has 1 aromatic rings.